The third kappa shape index (κ3) is 36.6. The first-order valence-corrected chi connectivity index (χ1v) is 22.2. The largest absolute Gasteiger partial charge is 0.469 e. The molecule has 0 aliphatic carbocycles. The van der Waals surface area contributed by atoms with Crippen LogP contribution in [-0.2, 0) is 13.9 Å². The van der Waals surface area contributed by atoms with Gasteiger partial charge in [-0.05, 0) is 19.3 Å². The van der Waals surface area contributed by atoms with Gasteiger partial charge in [0.05, 0.1) is 18.8 Å². The SMILES string of the molecule is CCCCCCCCCCCCCC=CC(O)C(COP(=O)(O)O)NC(=O)CCCCCCCCCCCCCCCCCCCCC. The molecule has 8 heteroatoms. The number of carbonyl (C=O) groups is 1. The van der Waals surface area contributed by atoms with Crippen LogP contribution in [0.4, 0.5) is 0 Å². The number of allylic oxidation sites excluding steroid dienone is 1. The minimum atomic E-state index is -4.71. The Morgan fingerprint density at radius 2 is 0.917 bits per heavy atom. The first-order chi connectivity index (χ1) is 23.3. The lowest BCUT2D eigenvalue weighted by molar-refractivity contribution is -0.123. The number of aliphatic hydroxyl groups is 1. The van der Waals surface area contributed by atoms with Crippen molar-refractivity contribution in [1.82, 2.24) is 5.32 Å². The van der Waals surface area contributed by atoms with Crippen molar-refractivity contribution in [2.75, 3.05) is 6.61 Å². The van der Waals surface area contributed by atoms with Gasteiger partial charge in [-0.15, -0.1) is 0 Å². The van der Waals surface area contributed by atoms with Crippen LogP contribution < -0.4 is 5.32 Å². The maximum Gasteiger partial charge on any atom is 0.469 e. The number of unbranched alkanes of at least 4 members (excludes halogenated alkanes) is 29. The molecule has 7 nitrogen and oxygen atoms in total. The van der Waals surface area contributed by atoms with Gasteiger partial charge in [0.15, 0.2) is 0 Å². The second-order valence-electron chi connectivity index (χ2n) is 14.3. The Labute approximate surface area is 297 Å². The van der Waals surface area contributed by atoms with Gasteiger partial charge in [-0.1, -0.05) is 206 Å². The molecule has 2 atom stereocenters. The molecule has 0 heterocycles. The second-order valence-corrected chi connectivity index (χ2v) is 15.6. The summed E-state index contributed by atoms with van der Waals surface area (Å²) in [7, 11) is -4.71. The molecule has 2 unspecified atom stereocenters. The number of rotatable bonds is 38. The summed E-state index contributed by atoms with van der Waals surface area (Å²) in [5, 5.41) is 13.4. The first kappa shape index (κ1) is 47.3. The van der Waals surface area contributed by atoms with E-state index in [1.54, 1.807) is 6.08 Å². The zero-order valence-corrected chi connectivity index (χ0v) is 32.6. The highest BCUT2D eigenvalue weighted by Crippen LogP contribution is 2.35. The zero-order valence-electron chi connectivity index (χ0n) is 31.7. The van der Waals surface area contributed by atoms with Crippen molar-refractivity contribution in [2.24, 2.45) is 0 Å². The number of aliphatic hydroxyl groups excluding tert-OH is 1. The molecule has 4 N–H and O–H groups in total. The third-order valence-corrected chi connectivity index (χ3v) is 9.98. The molecular formula is C40H80NO6P. The summed E-state index contributed by atoms with van der Waals surface area (Å²) >= 11 is 0. The van der Waals surface area contributed by atoms with Crippen LogP contribution in [0, 0.1) is 0 Å². The minimum absolute atomic E-state index is 0.223. The fourth-order valence-corrected chi connectivity index (χ4v) is 6.70. The summed E-state index contributed by atoms with van der Waals surface area (Å²) in [4.78, 5) is 30.8. The van der Waals surface area contributed by atoms with Crippen molar-refractivity contribution < 1.29 is 28.8 Å². The van der Waals surface area contributed by atoms with Gasteiger partial charge < -0.3 is 20.2 Å². The smallest absolute Gasteiger partial charge is 0.387 e. The summed E-state index contributed by atoms with van der Waals surface area (Å²) in [6, 6.07) is -0.904. The third-order valence-electron chi connectivity index (χ3n) is 9.50. The van der Waals surface area contributed by atoms with Gasteiger partial charge in [0, 0.05) is 6.42 Å². The van der Waals surface area contributed by atoms with Crippen LogP contribution >= 0.6 is 7.82 Å². The zero-order chi connectivity index (χ0) is 35.4. The molecule has 1 amide bonds. The topological polar surface area (TPSA) is 116 Å². The van der Waals surface area contributed by atoms with E-state index in [9.17, 15) is 14.5 Å². The van der Waals surface area contributed by atoms with E-state index in [0.717, 1.165) is 38.5 Å². The number of nitrogens with one attached hydrogen (secondary N) is 1. The molecule has 48 heavy (non-hydrogen) atoms. The highest BCUT2D eigenvalue weighted by Gasteiger charge is 2.24. The van der Waals surface area contributed by atoms with Crippen molar-refractivity contribution in [3.63, 3.8) is 0 Å². The first-order valence-electron chi connectivity index (χ1n) is 20.6. The van der Waals surface area contributed by atoms with Gasteiger partial charge in [0.1, 0.15) is 0 Å². The van der Waals surface area contributed by atoms with E-state index in [0.29, 0.717) is 6.42 Å². The Morgan fingerprint density at radius 1 is 0.583 bits per heavy atom. The Morgan fingerprint density at radius 3 is 1.27 bits per heavy atom. The molecule has 0 radical (unpaired) electrons. The van der Waals surface area contributed by atoms with E-state index in [1.807, 2.05) is 6.08 Å². The molecule has 0 bridgehead atoms. The Balaban J connectivity index is 3.92. The van der Waals surface area contributed by atoms with Crippen molar-refractivity contribution >= 4 is 13.7 Å². The lowest BCUT2D eigenvalue weighted by atomic mass is 10.0. The average Bonchev–Trinajstić information content (AvgIpc) is 3.05. The fraction of sp³-hybridized carbons (Fsp3) is 0.925. The molecule has 0 saturated carbocycles. The van der Waals surface area contributed by atoms with Crippen LogP contribution in [-0.4, -0.2) is 39.6 Å². The summed E-state index contributed by atoms with van der Waals surface area (Å²) in [5.74, 6) is -0.223. The van der Waals surface area contributed by atoms with Crippen molar-refractivity contribution in [3.8, 4) is 0 Å². The molecule has 286 valence electrons. The molecule has 0 fully saturated rings. The van der Waals surface area contributed by atoms with E-state index in [2.05, 4.69) is 23.7 Å². The molecular weight excluding hydrogens is 621 g/mol. The van der Waals surface area contributed by atoms with Gasteiger partial charge in [0.2, 0.25) is 5.91 Å². The van der Waals surface area contributed by atoms with Crippen LogP contribution in [0.5, 0.6) is 0 Å². The molecule has 0 aromatic rings. The normalized spacial score (nSPS) is 13.4. The predicted octanol–water partition coefficient (Wildman–Crippen LogP) is 12.0. The van der Waals surface area contributed by atoms with E-state index in [1.165, 1.54) is 161 Å². The van der Waals surface area contributed by atoms with Crippen molar-refractivity contribution in [1.29, 1.82) is 0 Å². The number of phosphoric acid groups is 1. The quantitative estimate of drug-likeness (QED) is 0.0289. The standard InChI is InChI=1S/C40H80NO6P/c1-3-5-7-9-11-13-15-17-18-19-20-21-22-24-26-28-30-32-34-36-40(43)41-38(37-47-48(44,45)46)39(42)35-33-31-29-27-25-23-16-14-12-10-8-6-4-2/h33,35,38-39,42H,3-32,34,36-37H2,1-2H3,(H,41,43)(H2,44,45,46). The van der Waals surface area contributed by atoms with E-state index >= 15 is 0 Å². The number of amides is 1. The predicted molar refractivity (Wildman–Crippen MR) is 204 cm³/mol. The Hall–Kier alpha value is -0.720. The minimum Gasteiger partial charge on any atom is -0.387 e. The van der Waals surface area contributed by atoms with Crippen LogP contribution in [0.2, 0.25) is 0 Å². The lowest BCUT2D eigenvalue weighted by Gasteiger charge is -2.22. The highest BCUT2D eigenvalue weighted by molar-refractivity contribution is 7.46. The molecule has 0 aliphatic rings. The maximum absolute atomic E-state index is 12.6. The van der Waals surface area contributed by atoms with Crippen LogP contribution in [0.3, 0.4) is 0 Å². The lowest BCUT2D eigenvalue weighted by Crippen LogP contribution is -2.45. The maximum atomic E-state index is 12.6. The number of carbonyl (C=O) groups excluding carboxylic acids is 1. The van der Waals surface area contributed by atoms with Gasteiger partial charge in [-0.2, -0.15) is 0 Å². The molecule has 0 aliphatic heterocycles. The number of phosphoric ester groups is 1. The molecule has 0 aromatic heterocycles. The van der Waals surface area contributed by atoms with Crippen LogP contribution in [0.25, 0.3) is 0 Å². The van der Waals surface area contributed by atoms with Gasteiger partial charge in [0.25, 0.3) is 0 Å². The van der Waals surface area contributed by atoms with Crippen LogP contribution in [0.1, 0.15) is 219 Å². The van der Waals surface area contributed by atoms with Gasteiger partial charge in [-0.25, -0.2) is 4.57 Å². The second kappa shape index (κ2) is 36.1. The summed E-state index contributed by atoms with van der Waals surface area (Å²) in [5.41, 5.74) is 0. The molecule has 0 rings (SSSR count). The summed E-state index contributed by atoms with van der Waals surface area (Å²) in [6.45, 7) is 4.08. The van der Waals surface area contributed by atoms with Crippen LogP contribution in [0.15, 0.2) is 12.2 Å². The van der Waals surface area contributed by atoms with Gasteiger partial charge >= 0.3 is 7.82 Å². The van der Waals surface area contributed by atoms with Crippen molar-refractivity contribution in [2.45, 2.75) is 231 Å². The average molecular weight is 702 g/mol. The summed E-state index contributed by atoms with van der Waals surface area (Å²) in [6.07, 6.45) is 42.3. The summed E-state index contributed by atoms with van der Waals surface area (Å²) < 4.78 is 15.9. The van der Waals surface area contributed by atoms with E-state index in [-0.39, 0.29) is 5.91 Å². The highest BCUT2D eigenvalue weighted by atomic mass is 31.2. The molecule has 0 aromatic carbocycles. The molecule has 0 spiro atoms. The van der Waals surface area contributed by atoms with Crippen molar-refractivity contribution in [3.05, 3.63) is 12.2 Å². The Bertz CT molecular complexity index is 758. The van der Waals surface area contributed by atoms with Gasteiger partial charge in [-0.3, -0.25) is 9.32 Å². The fourth-order valence-electron chi connectivity index (χ4n) is 6.34. The monoisotopic (exact) mass is 702 g/mol. The molecule has 0 saturated heterocycles. The Kier molecular flexibility index (Phi) is 35.5. The number of hydrogen-bond acceptors (Lipinski definition) is 4. The van der Waals surface area contributed by atoms with E-state index < -0.39 is 26.6 Å². The van der Waals surface area contributed by atoms with E-state index in [4.69, 9.17) is 9.79 Å². The number of hydrogen-bond donors (Lipinski definition) is 4.